The van der Waals surface area contributed by atoms with Crippen molar-refractivity contribution in [2.24, 2.45) is 5.92 Å². The average molecular weight is 367 g/mol. The van der Waals surface area contributed by atoms with Crippen LogP contribution in [0.4, 0.5) is 5.69 Å². The number of hydrogen-bond acceptors (Lipinski definition) is 5. The minimum atomic E-state index is -0.476. The Bertz CT molecular complexity index is 922. The summed E-state index contributed by atoms with van der Waals surface area (Å²) in [6, 6.07) is 5.86. The van der Waals surface area contributed by atoms with Crippen molar-refractivity contribution in [2.75, 3.05) is 25.6 Å². The van der Waals surface area contributed by atoms with Gasteiger partial charge in [0.2, 0.25) is 5.89 Å². The number of benzene rings is 1. The number of aromatic nitrogens is 2. The fourth-order valence-corrected chi connectivity index (χ4v) is 3.28. The van der Waals surface area contributed by atoms with Crippen LogP contribution in [0.15, 0.2) is 27.4 Å². The molecule has 0 N–H and O–H groups in total. The Morgan fingerprint density at radius 2 is 2.11 bits per heavy atom. The maximum atomic E-state index is 12.5. The fourth-order valence-electron chi connectivity index (χ4n) is 3.28. The van der Waals surface area contributed by atoms with E-state index in [0.717, 1.165) is 37.1 Å². The summed E-state index contributed by atoms with van der Waals surface area (Å²) in [6.07, 6.45) is 6.19. The molecule has 1 aromatic carbocycles. The van der Waals surface area contributed by atoms with Crippen molar-refractivity contribution < 1.29 is 9.15 Å². The molecule has 0 amide bonds. The minimum Gasteiger partial charge on any atom is -0.392 e. The van der Waals surface area contributed by atoms with E-state index in [4.69, 9.17) is 9.15 Å². The number of rotatable bonds is 4. The molecule has 0 radical (unpaired) electrons. The molecule has 1 aromatic heterocycles. The van der Waals surface area contributed by atoms with Crippen molar-refractivity contribution in [3.05, 3.63) is 40.2 Å². The van der Waals surface area contributed by atoms with Gasteiger partial charge in [0.25, 0.3) is 0 Å². The van der Waals surface area contributed by atoms with Crippen LogP contribution in [0.2, 0.25) is 0 Å². The molecule has 1 saturated carbocycles. The molecular weight excluding hydrogens is 342 g/mol. The lowest BCUT2D eigenvalue weighted by Gasteiger charge is -2.20. The maximum absolute atomic E-state index is 12.5. The summed E-state index contributed by atoms with van der Waals surface area (Å²) in [5.41, 5.74) is 2.46. The quantitative estimate of drug-likeness (QED) is 0.778. The Balaban J connectivity index is 1.65. The van der Waals surface area contributed by atoms with Gasteiger partial charge in [0.15, 0.2) is 0 Å². The summed E-state index contributed by atoms with van der Waals surface area (Å²) in [5.74, 6) is 6.95. The lowest BCUT2D eigenvalue weighted by atomic mass is 10.1. The van der Waals surface area contributed by atoms with E-state index >= 15 is 0 Å². The zero-order valence-electron chi connectivity index (χ0n) is 15.9. The zero-order valence-corrected chi connectivity index (χ0v) is 15.9. The van der Waals surface area contributed by atoms with Gasteiger partial charge in [-0.1, -0.05) is 11.8 Å². The number of hydrogen-bond donors (Lipinski definition) is 0. The summed E-state index contributed by atoms with van der Waals surface area (Å²) < 4.78 is 12.5. The summed E-state index contributed by atoms with van der Waals surface area (Å²) in [6.45, 7) is 0.766. The van der Waals surface area contributed by atoms with Crippen LogP contribution >= 0.6 is 0 Å². The maximum Gasteiger partial charge on any atom is 0.442 e. The molecule has 2 heterocycles. The second-order valence-electron chi connectivity index (χ2n) is 7.51. The van der Waals surface area contributed by atoms with Crippen LogP contribution in [0.1, 0.15) is 43.6 Å². The van der Waals surface area contributed by atoms with Crippen molar-refractivity contribution in [3.63, 3.8) is 0 Å². The Kier molecular flexibility index (Phi) is 5.04. The molecule has 142 valence electrons. The van der Waals surface area contributed by atoms with E-state index in [2.05, 4.69) is 16.9 Å². The van der Waals surface area contributed by atoms with E-state index in [1.54, 1.807) is 0 Å². The molecule has 2 fully saturated rings. The van der Waals surface area contributed by atoms with Crippen LogP contribution in [0.25, 0.3) is 5.69 Å². The van der Waals surface area contributed by atoms with Gasteiger partial charge < -0.3 is 14.1 Å². The fraction of sp³-hybridized carbons (Fsp3) is 0.524. The van der Waals surface area contributed by atoms with E-state index in [-0.39, 0.29) is 6.10 Å². The predicted octanol–water partition coefficient (Wildman–Crippen LogP) is 2.76. The zero-order chi connectivity index (χ0) is 18.8. The molecule has 1 aliphatic carbocycles. The first-order valence-electron chi connectivity index (χ1n) is 9.64. The Morgan fingerprint density at radius 1 is 1.26 bits per heavy atom. The first-order valence-corrected chi connectivity index (χ1v) is 9.64. The van der Waals surface area contributed by atoms with Gasteiger partial charge in [-0.3, -0.25) is 0 Å². The third-order valence-corrected chi connectivity index (χ3v) is 4.95. The lowest BCUT2D eigenvalue weighted by Crippen LogP contribution is -2.21. The van der Waals surface area contributed by atoms with E-state index in [1.165, 1.54) is 17.5 Å². The Hall–Kier alpha value is -2.52. The van der Waals surface area contributed by atoms with Gasteiger partial charge in [-0.15, -0.1) is 5.10 Å². The molecule has 6 nitrogen and oxygen atoms in total. The molecule has 1 atom stereocenters. The smallest absolute Gasteiger partial charge is 0.392 e. The van der Waals surface area contributed by atoms with Crippen LogP contribution in [-0.4, -0.2) is 36.6 Å². The van der Waals surface area contributed by atoms with Gasteiger partial charge in [0.05, 0.1) is 23.9 Å². The van der Waals surface area contributed by atoms with Gasteiger partial charge in [-0.2, -0.15) is 4.68 Å². The monoisotopic (exact) mass is 367 g/mol. The first kappa shape index (κ1) is 17.9. The van der Waals surface area contributed by atoms with Crippen LogP contribution < -0.4 is 10.7 Å². The highest BCUT2D eigenvalue weighted by Gasteiger charge is 2.21. The molecule has 1 aliphatic heterocycles. The number of anilines is 1. The highest BCUT2D eigenvalue weighted by Crippen LogP contribution is 2.28. The lowest BCUT2D eigenvalue weighted by molar-refractivity contribution is 0.0130. The van der Waals surface area contributed by atoms with Crippen molar-refractivity contribution in [2.45, 2.75) is 44.6 Å². The van der Waals surface area contributed by atoms with Gasteiger partial charge in [0, 0.05) is 32.2 Å². The third-order valence-electron chi connectivity index (χ3n) is 4.95. The van der Waals surface area contributed by atoms with E-state index in [0.29, 0.717) is 23.9 Å². The van der Waals surface area contributed by atoms with Crippen molar-refractivity contribution >= 4 is 5.69 Å². The van der Waals surface area contributed by atoms with Crippen LogP contribution in [0.3, 0.4) is 0 Å². The minimum absolute atomic E-state index is 0.0781. The molecule has 4 rings (SSSR count). The molecule has 1 unspecified atom stereocenters. The predicted molar refractivity (Wildman–Crippen MR) is 103 cm³/mol. The highest BCUT2D eigenvalue weighted by molar-refractivity contribution is 5.64. The second-order valence-corrected chi connectivity index (χ2v) is 7.51. The van der Waals surface area contributed by atoms with E-state index in [1.807, 2.05) is 37.2 Å². The molecule has 6 heteroatoms. The standard InChI is InChI=1S/C21H25N3O3/c1-23(2)18-11-10-16(9-8-15-6-7-15)13-19(18)24-21(25)27-20(22-24)14-17-5-3-4-12-26-17/h10-11,13,15,17H,3-7,12,14H2,1-2H3. The molecule has 2 aliphatic rings. The van der Waals surface area contributed by atoms with Gasteiger partial charge in [0.1, 0.15) is 0 Å². The average Bonchev–Trinajstić information content (AvgIpc) is 3.42. The molecule has 27 heavy (non-hydrogen) atoms. The SMILES string of the molecule is CN(C)c1ccc(C#CC2CC2)cc1-n1nc(CC2CCCCO2)oc1=O. The topological polar surface area (TPSA) is 60.5 Å². The molecule has 1 saturated heterocycles. The number of ether oxygens (including phenoxy) is 1. The summed E-state index contributed by atoms with van der Waals surface area (Å²) in [7, 11) is 3.88. The van der Waals surface area contributed by atoms with Gasteiger partial charge in [-0.25, -0.2) is 4.79 Å². The largest absolute Gasteiger partial charge is 0.442 e. The molecule has 0 spiro atoms. The van der Waals surface area contributed by atoms with Crippen LogP contribution in [0, 0.1) is 17.8 Å². The Labute approximate surface area is 159 Å². The Morgan fingerprint density at radius 3 is 2.81 bits per heavy atom. The van der Waals surface area contributed by atoms with Crippen LogP contribution in [-0.2, 0) is 11.2 Å². The van der Waals surface area contributed by atoms with Crippen molar-refractivity contribution in [3.8, 4) is 17.5 Å². The van der Waals surface area contributed by atoms with Crippen molar-refractivity contribution in [1.82, 2.24) is 9.78 Å². The van der Waals surface area contributed by atoms with Gasteiger partial charge >= 0.3 is 5.76 Å². The normalized spacial score (nSPS) is 19.4. The van der Waals surface area contributed by atoms with Crippen LogP contribution in [0.5, 0.6) is 0 Å². The van der Waals surface area contributed by atoms with E-state index in [9.17, 15) is 4.79 Å². The second kappa shape index (κ2) is 7.61. The summed E-state index contributed by atoms with van der Waals surface area (Å²) in [5, 5.41) is 4.45. The number of nitrogens with zero attached hydrogens (tertiary/aromatic N) is 3. The van der Waals surface area contributed by atoms with E-state index < -0.39 is 5.76 Å². The highest BCUT2D eigenvalue weighted by atomic mass is 16.5. The molecular formula is C21H25N3O3. The summed E-state index contributed by atoms with van der Waals surface area (Å²) in [4.78, 5) is 14.4. The van der Waals surface area contributed by atoms with Crippen molar-refractivity contribution in [1.29, 1.82) is 0 Å². The third kappa shape index (κ3) is 4.25. The van der Waals surface area contributed by atoms with Gasteiger partial charge in [-0.05, 0) is 50.3 Å². The summed E-state index contributed by atoms with van der Waals surface area (Å²) >= 11 is 0. The molecule has 0 bridgehead atoms. The first-order chi connectivity index (χ1) is 13.1. The molecule has 2 aromatic rings.